The van der Waals surface area contributed by atoms with Crippen LogP contribution >= 0.6 is 11.3 Å². The van der Waals surface area contributed by atoms with Crippen LogP contribution in [-0.2, 0) is 4.79 Å². The van der Waals surface area contributed by atoms with E-state index in [0.29, 0.717) is 10.9 Å². The maximum absolute atomic E-state index is 13.1. The van der Waals surface area contributed by atoms with E-state index >= 15 is 0 Å². The number of carbonyl (C=O) groups excluding carboxylic acids is 2. The first-order valence-corrected chi connectivity index (χ1v) is 10.6. The summed E-state index contributed by atoms with van der Waals surface area (Å²) in [5.41, 5.74) is 0. The van der Waals surface area contributed by atoms with Gasteiger partial charge in [0.2, 0.25) is 5.91 Å². The van der Waals surface area contributed by atoms with Crippen molar-refractivity contribution >= 4 is 23.0 Å². The minimum atomic E-state index is -0.279. The fraction of sp³-hybridized carbons (Fsp3) is 0.700. The fourth-order valence-corrected chi connectivity index (χ4v) is 5.06. The zero-order valence-corrected chi connectivity index (χ0v) is 16.3. The van der Waals surface area contributed by atoms with E-state index in [1.54, 1.807) is 13.0 Å². The van der Waals surface area contributed by atoms with Crippen LogP contribution in [-0.4, -0.2) is 42.3 Å². The summed E-state index contributed by atoms with van der Waals surface area (Å²) in [4.78, 5) is 26.6. The predicted octanol–water partition coefficient (Wildman–Crippen LogP) is 3.87. The lowest BCUT2D eigenvalue weighted by Gasteiger charge is -2.34. The fourth-order valence-electron chi connectivity index (χ4n) is 4.31. The number of hydrogen-bond donors (Lipinski definition) is 1. The van der Waals surface area contributed by atoms with Gasteiger partial charge in [-0.15, -0.1) is 11.3 Å². The van der Waals surface area contributed by atoms with Gasteiger partial charge in [-0.2, -0.15) is 4.39 Å². The summed E-state index contributed by atoms with van der Waals surface area (Å²) >= 11 is 0.967. The van der Waals surface area contributed by atoms with Crippen molar-refractivity contribution in [1.82, 2.24) is 10.2 Å². The smallest absolute Gasteiger partial charge is 0.217 e. The molecule has 2 aliphatic rings. The molecular weight excluding hydrogens is 351 g/mol. The first kappa shape index (κ1) is 19.5. The minimum Gasteiger partial charge on any atom is -0.354 e. The molecule has 1 aliphatic carbocycles. The molecule has 3 rings (SSSR count). The number of hydrogen-bond acceptors (Lipinski definition) is 4. The number of carbonyl (C=O) groups is 2. The number of ketones is 1. The van der Waals surface area contributed by atoms with Gasteiger partial charge in [-0.25, -0.2) is 0 Å². The first-order chi connectivity index (χ1) is 12.5. The lowest BCUT2D eigenvalue weighted by molar-refractivity contribution is -0.119. The molecule has 1 saturated carbocycles. The average molecular weight is 381 g/mol. The number of nitrogens with zero attached hydrogens (tertiary/aromatic N) is 1. The van der Waals surface area contributed by atoms with Gasteiger partial charge in [-0.1, -0.05) is 0 Å². The van der Waals surface area contributed by atoms with Crippen molar-refractivity contribution in [3.05, 3.63) is 22.1 Å². The van der Waals surface area contributed by atoms with Crippen molar-refractivity contribution < 1.29 is 14.0 Å². The van der Waals surface area contributed by atoms with Gasteiger partial charge in [-0.3, -0.25) is 9.59 Å². The molecule has 1 aromatic heterocycles. The molecular formula is C20H29FN2O2S. The van der Waals surface area contributed by atoms with Crippen LogP contribution in [0.2, 0.25) is 0 Å². The van der Waals surface area contributed by atoms with Crippen LogP contribution in [0, 0.1) is 17.0 Å². The molecule has 2 heterocycles. The maximum atomic E-state index is 13.1. The second-order valence-electron chi connectivity index (χ2n) is 7.79. The Morgan fingerprint density at radius 2 is 1.85 bits per heavy atom. The van der Waals surface area contributed by atoms with E-state index < -0.39 is 0 Å². The molecule has 1 aliphatic heterocycles. The quantitative estimate of drug-likeness (QED) is 0.762. The highest BCUT2D eigenvalue weighted by Gasteiger charge is 2.28. The van der Waals surface area contributed by atoms with Crippen LogP contribution in [0.4, 0.5) is 4.39 Å². The van der Waals surface area contributed by atoms with Gasteiger partial charge in [0.05, 0.1) is 4.88 Å². The molecule has 0 spiro atoms. The normalized spacial score (nSPS) is 25.2. The summed E-state index contributed by atoms with van der Waals surface area (Å²) < 4.78 is 13.1. The lowest BCUT2D eigenvalue weighted by Crippen LogP contribution is -2.39. The van der Waals surface area contributed by atoms with Gasteiger partial charge >= 0.3 is 0 Å². The zero-order chi connectivity index (χ0) is 18.5. The number of Topliss-reactive ketones (excluding diaryl/α,β-unsaturated/α-hetero) is 1. The molecule has 1 amide bonds. The molecule has 1 aromatic rings. The van der Waals surface area contributed by atoms with Crippen LogP contribution in [0.25, 0.3) is 0 Å². The van der Waals surface area contributed by atoms with Crippen molar-refractivity contribution in [1.29, 1.82) is 0 Å². The number of nitrogens with one attached hydrogen (secondary N) is 1. The van der Waals surface area contributed by atoms with Crippen LogP contribution < -0.4 is 5.32 Å². The number of amides is 1. The summed E-state index contributed by atoms with van der Waals surface area (Å²) in [5.74, 6) is 1.01. The van der Waals surface area contributed by atoms with Crippen LogP contribution in [0.15, 0.2) is 12.1 Å². The third-order valence-corrected chi connectivity index (χ3v) is 6.77. The highest BCUT2D eigenvalue weighted by Crippen LogP contribution is 2.29. The van der Waals surface area contributed by atoms with Gasteiger partial charge in [0.1, 0.15) is 0 Å². The zero-order valence-electron chi connectivity index (χ0n) is 15.5. The lowest BCUT2D eigenvalue weighted by atomic mass is 9.83. The molecule has 1 saturated heterocycles. The second-order valence-corrected chi connectivity index (χ2v) is 8.82. The summed E-state index contributed by atoms with van der Waals surface area (Å²) in [7, 11) is 0. The minimum absolute atomic E-state index is 0.0531. The molecule has 6 heteroatoms. The Kier molecular flexibility index (Phi) is 6.81. The molecule has 0 unspecified atom stereocenters. The third-order valence-electron chi connectivity index (χ3n) is 5.88. The SMILES string of the molecule is CC(=O)N[C@H]1CC[C@H](CCN2CCC(C(=O)c3ccc(F)s3)CC2)CC1. The van der Waals surface area contributed by atoms with E-state index in [-0.39, 0.29) is 22.7 Å². The average Bonchev–Trinajstić information content (AvgIpc) is 3.07. The molecule has 0 radical (unpaired) electrons. The Morgan fingerprint density at radius 3 is 2.42 bits per heavy atom. The van der Waals surface area contributed by atoms with Crippen molar-refractivity contribution in [3.63, 3.8) is 0 Å². The van der Waals surface area contributed by atoms with Gasteiger partial charge < -0.3 is 10.2 Å². The van der Waals surface area contributed by atoms with Crippen molar-refractivity contribution in [2.75, 3.05) is 19.6 Å². The standard InChI is InChI=1S/C20H29FN2O2S/c1-14(24)22-17-4-2-15(3-5-17)8-11-23-12-9-16(10-13-23)20(25)18-6-7-19(21)26-18/h6-7,15-17H,2-5,8-13H2,1H3,(H,22,24)/t15-,17-. The van der Waals surface area contributed by atoms with Crippen molar-refractivity contribution in [2.24, 2.45) is 11.8 Å². The third kappa shape index (κ3) is 5.36. The second kappa shape index (κ2) is 9.09. The highest BCUT2D eigenvalue weighted by atomic mass is 32.1. The first-order valence-electron chi connectivity index (χ1n) is 9.80. The van der Waals surface area contributed by atoms with Crippen molar-refractivity contribution in [3.8, 4) is 0 Å². The number of likely N-dealkylation sites (tertiary alicyclic amines) is 1. The number of rotatable bonds is 6. The monoisotopic (exact) mass is 380 g/mol. The summed E-state index contributed by atoms with van der Waals surface area (Å²) in [6.07, 6.45) is 7.56. The maximum Gasteiger partial charge on any atom is 0.217 e. The van der Waals surface area contributed by atoms with E-state index in [4.69, 9.17) is 0 Å². The molecule has 1 N–H and O–H groups in total. The molecule has 0 bridgehead atoms. The van der Waals surface area contributed by atoms with E-state index in [9.17, 15) is 14.0 Å². The van der Waals surface area contributed by atoms with Gasteiger partial charge in [-0.05, 0) is 82.6 Å². The molecule has 26 heavy (non-hydrogen) atoms. The van der Waals surface area contributed by atoms with E-state index in [1.807, 2.05) is 0 Å². The van der Waals surface area contributed by atoms with Crippen LogP contribution in [0.5, 0.6) is 0 Å². The van der Waals surface area contributed by atoms with E-state index in [0.717, 1.165) is 62.6 Å². The van der Waals surface area contributed by atoms with Crippen LogP contribution in [0.1, 0.15) is 61.5 Å². The Labute approximate surface area is 159 Å². The van der Waals surface area contributed by atoms with Gasteiger partial charge in [0.15, 0.2) is 10.9 Å². The molecule has 0 atom stereocenters. The van der Waals surface area contributed by atoms with Gasteiger partial charge in [0.25, 0.3) is 0 Å². The van der Waals surface area contributed by atoms with E-state index in [1.165, 1.54) is 25.3 Å². The van der Waals surface area contributed by atoms with E-state index in [2.05, 4.69) is 10.2 Å². The van der Waals surface area contributed by atoms with Crippen LogP contribution in [0.3, 0.4) is 0 Å². The predicted molar refractivity (Wildman–Crippen MR) is 102 cm³/mol. The van der Waals surface area contributed by atoms with Gasteiger partial charge in [0, 0.05) is 18.9 Å². The highest BCUT2D eigenvalue weighted by molar-refractivity contribution is 7.12. The van der Waals surface area contributed by atoms with Crippen molar-refractivity contribution in [2.45, 2.75) is 57.9 Å². The summed E-state index contributed by atoms with van der Waals surface area (Å²) in [6.45, 7) is 4.62. The Morgan fingerprint density at radius 1 is 1.15 bits per heavy atom. The topological polar surface area (TPSA) is 49.4 Å². The Hall–Kier alpha value is -1.27. The molecule has 4 nitrogen and oxygen atoms in total. The summed E-state index contributed by atoms with van der Waals surface area (Å²) in [6, 6.07) is 3.37. The number of thiophene rings is 1. The Bertz CT molecular complexity index is 617. The summed E-state index contributed by atoms with van der Waals surface area (Å²) in [5, 5.41) is 2.76. The largest absolute Gasteiger partial charge is 0.354 e. The number of piperidine rings is 1. The molecule has 2 fully saturated rings. The molecule has 144 valence electrons. The Balaban J connectivity index is 1.34. The molecule has 0 aromatic carbocycles. The number of halogens is 1.